The van der Waals surface area contributed by atoms with Crippen molar-refractivity contribution in [1.29, 1.82) is 0 Å². The molecule has 0 aliphatic rings. The third kappa shape index (κ3) is 5.05. The van der Waals surface area contributed by atoms with Gasteiger partial charge in [0.05, 0.1) is 5.56 Å². The Morgan fingerprint density at radius 3 is 2.67 bits per heavy atom. The van der Waals surface area contributed by atoms with E-state index in [1.54, 1.807) is 0 Å². The van der Waals surface area contributed by atoms with Gasteiger partial charge in [-0.05, 0) is 51.3 Å². The van der Waals surface area contributed by atoms with E-state index in [0.717, 1.165) is 24.2 Å². The van der Waals surface area contributed by atoms with Gasteiger partial charge in [0.1, 0.15) is 0 Å². The number of nitrogens with zero attached hydrogens (tertiary/aromatic N) is 1. The highest BCUT2D eigenvalue weighted by atomic mass is 16.3. The lowest BCUT2D eigenvalue weighted by atomic mass is 10.1. The van der Waals surface area contributed by atoms with Crippen LogP contribution in [0.4, 0.5) is 5.69 Å². The van der Waals surface area contributed by atoms with Crippen LogP contribution < -0.4 is 5.32 Å². The Morgan fingerprint density at radius 2 is 2.10 bits per heavy atom. The molecular formula is C17H28N2O2. The van der Waals surface area contributed by atoms with E-state index in [0.29, 0.717) is 18.5 Å². The molecule has 0 fully saturated rings. The molecule has 0 heterocycles. The summed E-state index contributed by atoms with van der Waals surface area (Å²) in [6.45, 7) is 9.66. The van der Waals surface area contributed by atoms with Gasteiger partial charge in [-0.15, -0.1) is 0 Å². The summed E-state index contributed by atoms with van der Waals surface area (Å²) in [5.74, 6) is 0.0250. The topological polar surface area (TPSA) is 52.6 Å². The van der Waals surface area contributed by atoms with Crippen molar-refractivity contribution in [2.75, 3.05) is 25.0 Å². The quantitative estimate of drug-likeness (QED) is 0.774. The molecule has 4 nitrogen and oxygen atoms in total. The van der Waals surface area contributed by atoms with E-state index in [2.05, 4.69) is 12.2 Å². The van der Waals surface area contributed by atoms with Gasteiger partial charge in [-0.25, -0.2) is 0 Å². The van der Waals surface area contributed by atoms with Crippen LogP contribution in [0.5, 0.6) is 0 Å². The van der Waals surface area contributed by atoms with Crippen LogP contribution in [0.15, 0.2) is 18.2 Å². The summed E-state index contributed by atoms with van der Waals surface area (Å²) < 4.78 is 0. The van der Waals surface area contributed by atoms with E-state index >= 15 is 0 Å². The number of hydrogen-bond acceptors (Lipinski definition) is 3. The zero-order chi connectivity index (χ0) is 15.8. The molecule has 1 aromatic rings. The largest absolute Gasteiger partial charge is 0.396 e. The van der Waals surface area contributed by atoms with Crippen LogP contribution in [0.1, 0.15) is 49.5 Å². The standard InChI is InChI=1S/C17H28N2O2/c1-5-9-18-16-12-14(4)7-8-15(16)17(21)19(13(2)3)10-6-11-20/h7-8,12-13,18,20H,5-6,9-11H2,1-4H3. The summed E-state index contributed by atoms with van der Waals surface area (Å²) in [7, 11) is 0. The maximum atomic E-state index is 12.8. The molecule has 0 radical (unpaired) electrons. The third-order valence-electron chi connectivity index (χ3n) is 3.41. The molecule has 0 atom stereocenters. The maximum Gasteiger partial charge on any atom is 0.256 e. The number of anilines is 1. The highest BCUT2D eigenvalue weighted by Gasteiger charge is 2.20. The van der Waals surface area contributed by atoms with E-state index < -0.39 is 0 Å². The molecule has 0 bridgehead atoms. The number of nitrogens with one attached hydrogen (secondary N) is 1. The Balaban J connectivity index is 3.02. The van der Waals surface area contributed by atoms with Gasteiger partial charge >= 0.3 is 0 Å². The first kappa shape index (κ1) is 17.5. The Labute approximate surface area is 128 Å². The Morgan fingerprint density at radius 1 is 1.38 bits per heavy atom. The lowest BCUT2D eigenvalue weighted by Gasteiger charge is -2.27. The first-order valence-corrected chi connectivity index (χ1v) is 7.77. The van der Waals surface area contributed by atoms with Crippen LogP contribution >= 0.6 is 0 Å². The van der Waals surface area contributed by atoms with E-state index in [9.17, 15) is 4.79 Å². The second-order valence-electron chi connectivity index (χ2n) is 5.65. The molecule has 21 heavy (non-hydrogen) atoms. The summed E-state index contributed by atoms with van der Waals surface area (Å²) in [6, 6.07) is 6.00. The van der Waals surface area contributed by atoms with Crippen molar-refractivity contribution in [1.82, 2.24) is 4.90 Å². The van der Waals surface area contributed by atoms with Crippen molar-refractivity contribution in [2.24, 2.45) is 0 Å². The second kappa shape index (κ2) is 8.67. The van der Waals surface area contributed by atoms with Gasteiger partial charge < -0.3 is 15.3 Å². The number of aliphatic hydroxyl groups is 1. The van der Waals surface area contributed by atoms with Crippen LogP contribution in [0, 0.1) is 6.92 Å². The minimum absolute atomic E-state index is 0.0250. The van der Waals surface area contributed by atoms with E-state index in [1.807, 2.05) is 43.9 Å². The molecule has 0 unspecified atom stereocenters. The van der Waals surface area contributed by atoms with Crippen LogP contribution in [0.25, 0.3) is 0 Å². The number of rotatable bonds is 8. The minimum atomic E-state index is 0.0250. The minimum Gasteiger partial charge on any atom is -0.396 e. The second-order valence-corrected chi connectivity index (χ2v) is 5.65. The third-order valence-corrected chi connectivity index (χ3v) is 3.41. The fourth-order valence-electron chi connectivity index (χ4n) is 2.24. The van der Waals surface area contributed by atoms with E-state index in [4.69, 9.17) is 5.11 Å². The fourth-order valence-corrected chi connectivity index (χ4v) is 2.24. The molecular weight excluding hydrogens is 264 g/mol. The van der Waals surface area contributed by atoms with Gasteiger partial charge in [0, 0.05) is 31.4 Å². The molecule has 0 saturated heterocycles. The Kier molecular flexibility index (Phi) is 7.23. The SMILES string of the molecule is CCCNc1cc(C)ccc1C(=O)N(CCCO)C(C)C. The van der Waals surface area contributed by atoms with E-state index in [-0.39, 0.29) is 18.6 Å². The number of carbonyl (C=O) groups is 1. The summed E-state index contributed by atoms with van der Waals surface area (Å²) >= 11 is 0. The maximum absolute atomic E-state index is 12.8. The predicted octanol–water partition coefficient (Wildman–Crippen LogP) is 3.05. The number of aliphatic hydroxyl groups excluding tert-OH is 1. The molecule has 0 saturated carbocycles. The zero-order valence-corrected chi connectivity index (χ0v) is 13.6. The summed E-state index contributed by atoms with van der Waals surface area (Å²) in [4.78, 5) is 14.6. The molecule has 2 N–H and O–H groups in total. The molecule has 1 aromatic carbocycles. The molecule has 0 spiro atoms. The highest BCUT2D eigenvalue weighted by Crippen LogP contribution is 2.21. The normalized spacial score (nSPS) is 10.8. The molecule has 118 valence electrons. The predicted molar refractivity (Wildman–Crippen MR) is 87.8 cm³/mol. The van der Waals surface area contributed by atoms with Crippen LogP contribution in [0.3, 0.4) is 0 Å². The van der Waals surface area contributed by atoms with Gasteiger partial charge in [-0.1, -0.05) is 13.0 Å². The van der Waals surface area contributed by atoms with Crippen molar-refractivity contribution in [2.45, 2.75) is 46.6 Å². The first-order valence-electron chi connectivity index (χ1n) is 7.77. The average molecular weight is 292 g/mol. The molecule has 0 aliphatic carbocycles. The Hall–Kier alpha value is -1.55. The summed E-state index contributed by atoms with van der Waals surface area (Å²) in [5.41, 5.74) is 2.74. The average Bonchev–Trinajstić information content (AvgIpc) is 2.45. The van der Waals surface area contributed by atoms with Crippen LogP contribution in [-0.2, 0) is 0 Å². The van der Waals surface area contributed by atoms with Gasteiger partial charge in [-0.2, -0.15) is 0 Å². The molecule has 0 aromatic heterocycles. The smallest absolute Gasteiger partial charge is 0.256 e. The molecule has 0 aliphatic heterocycles. The summed E-state index contributed by atoms with van der Waals surface area (Å²) in [6.07, 6.45) is 1.62. The lowest BCUT2D eigenvalue weighted by molar-refractivity contribution is 0.0694. The highest BCUT2D eigenvalue weighted by molar-refractivity contribution is 5.99. The van der Waals surface area contributed by atoms with Gasteiger partial charge in [0.2, 0.25) is 0 Å². The monoisotopic (exact) mass is 292 g/mol. The molecule has 4 heteroatoms. The van der Waals surface area contributed by atoms with Crippen molar-refractivity contribution < 1.29 is 9.90 Å². The molecule has 1 amide bonds. The van der Waals surface area contributed by atoms with Gasteiger partial charge in [-0.3, -0.25) is 4.79 Å². The number of hydrogen-bond donors (Lipinski definition) is 2. The van der Waals surface area contributed by atoms with E-state index in [1.165, 1.54) is 0 Å². The number of benzene rings is 1. The van der Waals surface area contributed by atoms with Gasteiger partial charge in [0.15, 0.2) is 0 Å². The number of amides is 1. The zero-order valence-electron chi connectivity index (χ0n) is 13.6. The fraction of sp³-hybridized carbons (Fsp3) is 0.588. The van der Waals surface area contributed by atoms with Gasteiger partial charge in [0.25, 0.3) is 5.91 Å². The number of aryl methyl sites for hydroxylation is 1. The Bertz CT molecular complexity index is 458. The summed E-state index contributed by atoms with van der Waals surface area (Å²) in [5, 5.41) is 12.3. The van der Waals surface area contributed by atoms with Crippen molar-refractivity contribution >= 4 is 11.6 Å². The molecule has 1 rings (SSSR count). The first-order chi connectivity index (χ1) is 10.0. The van der Waals surface area contributed by atoms with Crippen molar-refractivity contribution in [3.63, 3.8) is 0 Å². The lowest BCUT2D eigenvalue weighted by Crippen LogP contribution is -2.38. The number of carbonyl (C=O) groups excluding carboxylic acids is 1. The van der Waals surface area contributed by atoms with Crippen LogP contribution in [-0.4, -0.2) is 41.7 Å². The van der Waals surface area contributed by atoms with Crippen LogP contribution in [0.2, 0.25) is 0 Å². The van der Waals surface area contributed by atoms with Crippen molar-refractivity contribution in [3.8, 4) is 0 Å². The van der Waals surface area contributed by atoms with Crippen molar-refractivity contribution in [3.05, 3.63) is 29.3 Å².